The van der Waals surface area contributed by atoms with Crippen molar-refractivity contribution in [3.8, 4) is 0 Å². The third kappa shape index (κ3) is 2.30. The molecule has 0 aromatic carbocycles. The average Bonchev–Trinajstić information content (AvgIpc) is 2.86. The monoisotopic (exact) mass is 236 g/mol. The molecule has 2 aromatic rings. The molecule has 4 nitrogen and oxygen atoms in total. The van der Waals surface area contributed by atoms with Gasteiger partial charge in [-0.25, -0.2) is 4.98 Å². The minimum atomic E-state index is -0.0940. The Balaban J connectivity index is 1.95. The lowest BCUT2D eigenvalue weighted by molar-refractivity contribution is 0.0951. The third-order valence-corrected chi connectivity index (χ3v) is 3.09. The van der Waals surface area contributed by atoms with Gasteiger partial charge in [-0.3, -0.25) is 4.79 Å². The highest BCUT2D eigenvalue weighted by Crippen LogP contribution is 2.10. The highest BCUT2D eigenvalue weighted by molar-refractivity contribution is 7.12. The number of aromatic nitrogens is 1. The Hall–Kier alpha value is -1.62. The Morgan fingerprint density at radius 3 is 2.94 bits per heavy atom. The Labute approximate surface area is 97.3 Å². The van der Waals surface area contributed by atoms with Crippen LogP contribution in [0.25, 0.3) is 0 Å². The normalized spacial score (nSPS) is 10.4. The zero-order valence-corrected chi connectivity index (χ0v) is 9.93. The van der Waals surface area contributed by atoms with Crippen molar-refractivity contribution in [3.63, 3.8) is 0 Å². The molecule has 0 bridgehead atoms. The van der Waals surface area contributed by atoms with Gasteiger partial charge in [0.05, 0.1) is 17.1 Å². The van der Waals surface area contributed by atoms with Crippen LogP contribution in [0.1, 0.15) is 27.0 Å². The Morgan fingerprint density at radius 1 is 1.56 bits per heavy atom. The molecule has 1 N–H and O–H groups in total. The maximum Gasteiger partial charge on any atom is 0.261 e. The molecule has 0 aliphatic rings. The van der Waals surface area contributed by atoms with Gasteiger partial charge < -0.3 is 9.73 Å². The Kier molecular flexibility index (Phi) is 3.05. The first-order valence-electron chi connectivity index (χ1n) is 4.91. The molecule has 5 heteroatoms. The number of nitrogens with one attached hydrogen (secondary N) is 1. The van der Waals surface area contributed by atoms with Gasteiger partial charge in [0.25, 0.3) is 5.91 Å². The van der Waals surface area contributed by atoms with Crippen molar-refractivity contribution in [2.24, 2.45) is 0 Å². The van der Waals surface area contributed by atoms with E-state index in [-0.39, 0.29) is 5.91 Å². The first-order chi connectivity index (χ1) is 7.66. The fraction of sp³-hybridized carbons (Fsp3) is 0.273. The highest BCUT2D eigenvalue weighted by atomic mass is 32.1. The van der Waals surface area contributed by atoms with E-state index in [0.717, 1.165) is 11.5 Å². The van der Waals surface area contributed by atoms with Crippen molar-refractivity contribution in [1.82, 2.24) is 10.3 Å². The second-order valence-electron chi connectivity index (χ2n) is 3.41. The number of aryl methyl sites for hydroxylation is 2. The van der Waals surface area contributed by atoms with E-state index in [1.807, 2.05) is 25.3 Å². The molecule has 0 saturated heterocycles. The van der Waals surface area contributed by atoms with Gasteiger partial charge >= 0.3 is 0 Å². The molecule has 0 saturated carbocycles. The summed E-state index contributed by atoms with van der Waals surface area (Å²) < 4.78 is 5.36. The van der Waals surface area contributed by atoms with Gasteiger partial charge in [-0.05, 0) is 25.3 Å². The number of carbonyl (C=O) groups excluding carboxylic acids is 1. The molecule has 2 rings (SSSR count). The molecule has 1 amide bonds. The second kappa shape index (κ2) is 4.49. The summed E-state index contributed by atoms with van der Waals surface area (Å²) in [6.07, 6.45) is 0. The number of rotatable bonds is 3. The van der Waals surface area contributed by atoms with E-state index in [4.69, 9.17) is 4.42 Å². The van der Waals surface area contributed by atoms with E-state index in [9.17, 15) is 4.79 Å². The molecule has 2 aromatic heterocycles. The predicted molar refractivity (Wildman–Crippen MR) is 61.5 cm³/mol. The number of nitrogens with zero attached hydrogens (tertiary/aromatic N) is 1. The third-order valence-electron chi connectivity index (χ3n) is 2.22. The number of oxazole rings is 1. The summed E-state index contributed by atoms with van der Waals surface area (Å²) >= 11 is 1.41. The maximum atomic E-state index is 11.6. The van der Waals surface area contributed by atoms with Crippen molar-refractivity contribution in [2.45, 2.75) is 20.4 Å². The van der Waals surface area contributed by atoms with Crippen molar-refractivity contribution < 1.29 is 9.21 Å². The summed E-state index contributed by atoms with van der Waals surface area (Å²) in [5, 5.41) is 4.63. The lowest BCUT2D eigenvalue weighted by Crippen LogP contribution is -2.21. The fourth-order valence-corrected chi connectivity index (χ4v) is 1.91. The summed E-state index contributed by atoms with van der Waals surface area (Å²) in [6, 6.07) is 3.63. The minimum Gasteiger partial charge on any atom is -0.444 e. The van der Waals surface area contributed by atoms with Crippen LogP contribution in [-0.4, -0.2) is 10.9 Å². The average molecular weight is 236 g/mol. The molecule has 0 spiro atoms. The van der Waals surface area contributed by atoms with E-state index < -0.39 is 0 Å². The van der Waals surface area contributed by atoms with E-state index in [1.165, 1.54) is 11.3 Å². The van der Waals surface area contributed by atoms with Crippen LogP contribution >= 0.6 is 11.3 Å². The molecule has 2 heterocycles. The zero-order chi connectivity index (χ0) is 11.5. The standard InChI is InChI=1S/C11H12N2O2S/c1-7-8(2)15-10(13-7)6-12-11(14)9-4-3-5-16-9/h3-5H,6H2,1-2H3,(H,12,14). The molecule has 0 unspecified atom stereocenters. The van der Waals surface area contributed by atoms with Gasteiger partial charge in [0.15, 0.2) is 0 Å². The quantitative estimate of drug-likeness (QED) is 0.889. The van der Waals surface area contributed by atoms with Gasteiger partial charge in [-0.15, -0.1) is 11.3 Å². The van der Waals surface area contributed by atoms with Crippen LogP contribution in [0.2, 0.25) is 0 Å². The van der Waals surface area contributed by atoms with Crippen LogP contribution in [-0.2, 0) is 6.54 Å². The van der Waals surface area contributed by atoms with Crippen molar-refractivity contribution in [2.75, 3.05) is 0 Å². The first-order valence-corrected chi connectivity index (χ1v) is 5.79. The smallest absolute Gasteiger partial charge is 0.261 e. The van der Waals surface area contributed by atoms with Crippen LogP contribution < -0.4 is 5.32 Å². The topological polar surface area (TPSA) is 55.1 Å². The van der Waals surface area contributed by atoms with Gasteiger partial charge in [0, 0.05) is 0 Å². The number of thiophene rings is 1. The van der Waals surface area contributed by atoms with Gasteiger partial charge in [-0.2, -0.15) is 0 Å². The zero-order valence-electron chi connectivity index (χ0n) is 9.11. The molecular weight excluding hydrogens is 224 g/mol. The van der Waals surface area contributed by atoms with Crippen molar-refractivity contribution in [1.29, 1.82) is 0 Å². The predicted octanol–water partition coefficient (Wildman–Crippen LogP) is 2.28. The van der Waals surface area contributed by atoms with Crippen LogP contribution in [0.5, 0.6) is 0 Å². The van der Waals surface area contributed by atoms with Gasteiger partial charge in [0.2, 0.25) is 5.89 Å². The summed E-state index contributed by atoms with van der Waals surface area (Å²) in [5.74, 6) is 1.24. The number of carbonyl (C=O) groups is 1. The minimum absolute atomic E-state index is 0.0940. The lowest BCUT2D eigenvalue weighted by Gasteiger charge is -1.99. The number of hydrogen-bond donors (Lipinski definition) is 1. The van der Waals surface area contributed by atoms with Crippen molar-refractivity contribution in [3.05, 3.63) is 39.7 Å². The summed E-state index contributed by atoms with van der Waals surface area (Å²) in [6.45, 7) is 4.06. The summed E-state index contributed by atoms with van der Waals surface area (Å²) in [4.78, 5) is 16.5. The second-order valence-corrected chi connectivity index (χ2v) is 4.36. The largest absolute Gasteiger partial charge is 0.444 e. The SMILES string of the molecule is Cc1nc(CNC(=O)c2cccs2)oc1C. The Morgan fingerprint density at radius 2 is 2.38 bits per heavy atom. The molecular formula is C11H12N2O2S. The summed E-state index contributed by atoms with van der Waals surface area (Å²) in [5.41, 5.74) is 0.861. The number of hydrogen-bond acceptors (Lipinski definition) is 4. The molecule has 0 radical (unpaired) electrons. The van der Waals surface area contributed by atoms with Gasteiger partial charge in [0.1, 0.15) is 5.76 Å². The van der Waals surface area contributed by atoms with Crippen molar-refractivity contribution >= 4 is 17.2 Å². The van der Waals surface area contributed by atoms with Crippen LogP contribution in [0.3, 0.4) is 0 Å². The first kappa shape index (κ1) is 10.9. The van der Waals surface area contributed by atoms with E-state index in [1.54, 1.807) is 6.07 Å². The number of amides is 1. The van der Waals surface area contributed by atoms with E-state index in [0.29, 0.717) is 17.3 Å². The molecule has 0 fully saturated rings. The fourth-order valence-electron chi connectivity index (χ4n) is 1.27. The van der Waals surface area contributed by atoms with Crippen LogP contribution in [0, 0.1) is 13.8 Å². The Bertz CT molecular complexity index is 469. The molecule has 0 aliphatic heterocycles. The van der Waals surface area contributed by atoms with Crippen LogP contribution in [0.4, 0.5) is 0 Å². The highest BCUT2D eigenvalue weighted by Gasteiger charge is 2.09. The van der Waals surface area contributed by atoms with E-state index >= 15 is 0 Å². The van der Waals surface area contributed by atoms with Crippen LogP contribution in [0.15, 0.2) is 21.9 Å². The molecule has 0 aliphatic carbocycles. The van der Waals surface area contributed by atoms with Gasteiger partial charge in [-0.1, -0.05) is 6.07 Å². The maximum absolute atomic E-state index is 11.6. The summed E-state index contributed by atoms with van der Waals surface area (Å²) in [7, 11) is 0. The lowest BCUT2D eigenvalue weighted by atomic mass is 10.4. The molecule has 16 heavy (non-hydrogen) atoms. The molecule has 0 atom stereocenters. The molecule has 84 valence electrons. The van der Waals surface area contributed by atoms with E-state index in [2.05, 4.69) is 10.3 Å².